The first-order chi connectivity index (χ1) is 12.5. The molecule has 0 aliphatic carbocycles. The minimum absolute atomic E-state index is 0.244. The summed E-state index contributed by atoms with van der Waals surface area (Å²) in [5.74, 6) is -0.371. The summed E-state index contributed by atoms with van der Waals surface area (Å²) in [7, 11) is -3.66. The summed E-state index contributed by atoms with van der Waals surface area (Å²) in [6.07, 6.45) is 1.08. The van der Waals surface area contributed by atoms with Gasteiger partial charge in [0.1, 0.15) is 6.04 Å². The Morgan fingerprint density at radius 1 is 1.07 bits per heavy atom. The number of carbonyl (C=O) groups excluding carboxylic acids is 1. The van der Waals surface area contributed by atoms with Gasteiger partial charge in [0.2, 0.25) is 15.9 Å². The molecule has 1 amide bonds. The Hall–Kier alpha value is -2.05. The van der Waals surface area contributed by atoms with E-state index < -0.39 is 16.1 Å². The number of aryl methyl sites for hydroxylation is 2. The highest BCUT2D eigenvalue weighted by Crippen LogP contribution is 2.24. The molecule has 2 aromatic carbocycles. The molecule has 0 saturated heterocycles. The number of hydrogen-bond acceptors (Lipinski definition) is 3. The number of rotatable bonds is 6. The summed E-state index contributed by atoms with van der Waals surface area (Å²) < 4.78 is 25.8. The van der Waals surface area contributed by atoms with Crippen LogP contribution in [0.4, 0.5) is 5.69 Å². The highest BCUT2D eigenvalue weighted by Gasteiger charge is 2.30. The summed E-state index contributed by atoms with van der Waals surface area (Å²) >= 11 is 5.89. The molecule has 1 N–H and O–H groups in total. The van der Waals surface area contributed by atoms with Gasteiger partial charge in [-0.25, -0.2) is 8.42 Å². The van der Waals surface area contributed by atoms with Crippen LogP contribution in [0.5, 0.6) is 0 Å². The standard InChI is InChI=1S/C20H25ClN2O3S/c1-13-6-7-14(2)19(12-13)15(3)22-20(24)16(4)23(27(5,25)26)18-10-8-17(21)9-11-18/h6-12,15-16H,1-5H3,(H,22,24)/t15-,16+/m0/s1. The van der Waals surface area contributed by atoms with E-state index in [4.69, 9.17) is 11.6 Å². The van der Waals surface area contributed by atoms with E-state index in [1.807, 2.05) is 39.0 Å². The molecule has 7 heteroatoms. The van der Waals surface area contributed by atoms with Crippen LogP contribution in [-0.4, -0.2) is 26.6 Å². The molecule has 2 rings (SSSR count). The van der Waals surface area contributed by atoms with Gasteiger partial charge in [-0.05, 0) is 63.1 Å². The fourth-order valence-corrected chi connectivity index (χ4v) is 4.34. The topological polar surface area (TPSA) is 66.5 Å². The summed E-state index contributed by atoms with van der Waals surface area (Å²) in [6, 6.07) is 11.3. The summed E-state index contributed by atoms with van der Waals surface area (Å²) in [6.45, 7) is 7.43. The molecule has 27 heavy (non-hydrogen) atoms. The second-order valence-corrected chi connectivity index (χ2v) is 9.10. The van der Waals surface area contributed by atoms with Gasteiger partial charge in [-0.15, -0.1) is 0 Å². The van der Waals surface area contributed by atoms with Gasteiger partial charge in [0.05, 0.1) is 18.0 Å². The van der Waals surface area contributed by atoms with E-state index in [0.29, 0.717) is 10.7 Å². The number of nitrogens with zero attached hydrogens (tertiary/aromatic N) is 1. The maximum absolute atomic E-state index is 12.8. The predicted octanol–water partition coefficient (Wildman–Crippen LogP) is 3.99. The number of nitrogens with one attached hydrogen (secondary N) is 1. The van der Waals surface area contributed by atoms with Crippen LogP contribution in [-0.2, 0) is 14.8 Å². The molecular formula is C20H25ClN2O3S. The van der Waals surface area contributed by atoms with Gasteiger partial charge in [-0.1, -0.05) is 35.4 Å². The molecule has 0 aliphatic heterocycles. The Morgan fingerprint density at radius 3 is 2.22 bits per heavy atom. The van der Waals surface area contributed by atoms with Crippen molar-refractivity contribution in [3.63, 3.8) is 0 Å². The molecule has 0 radical (unpaired) electrons. The van der Waals surface area contributed by atoms with Crippen LogP contribution in [0.1, 0.15) is 36.6 Å². The SMILES string of the molecule is Cc1ccc(C)c([C@H](C)NC(=O)[C@@H](C)N(c2ccc(Cl)cc2)S(C)(=O)=O)c1. The molecule has 0 saturated carbocycles. The number of sulfonamides is 1. The van der Waals surface area contributed by atoms with E-state index in [2.05, 4.69) is 5.32 Å². The van der Waals surface area contributed by atoms with Crippen molar-refractivity contribution in [2.24, 2.45) is 0 Å². The van der Waals surface area contributed by atoms with Crippen molar-refractivity contribution >= 4 is 33.2 Å². The molecule has 2 atom stereocenters. The van der Waals surface area contributed by atoms with Crippen molar-refractivity contribution in [2.75, 3.05) is 10.6 Å². The predicted molar refractivity (Wildman–Crippen MR) is 111 cm³/mol. The van der Waals surface area contributed by atoms with Crippen LogP contribution >= 0.6 is 11.6 Å². The average Bonchev–Trinajstić information content (AvgIpc) is 2.57. The first-order valence-corrected chi connectivity index (χ1v) is 10.9. The zero-order chi connectivity index (χ0) is 20.4. The van der Waals surface area contributed by atoms with Crippen LogP contribution in [0.15, 0.2) is 42.5 Å². The summed E-state index contributed by atoms with van der Waals surface area (Å²) in [5.41, 5.74) is 3.57. The van der Waals surface area contributed by atoms with Crippen molar-refractivity contribution in [3.8, 4) is 0 Å². The fourth-order valence-electron chi connectivity index (χ4n) is 3.03. The third-order valence-electron chi connectivity index (χ3n) is 4.43. The second kappa shape index (κ2) is 8.31. The van der Waals surface area contributed by atoms with Crippen LogP contribution in [0, 0.1) is 13.8 Å². The summed E-state index contributed by atoms with van der Waals surface area (Å²) in [5, 5.41) is 3.42. The molecule has 0 spiro atoms. The van der Waals surface area contributed by atoms with E-state index in [1.165, 1.54) is 0 Å². The van der Waals surface area contributed by atoms with Gasteiger partial charge in [0.15, 0.2) is 0 Å². The zero-order valence-electron chi connectivity index (χ0n) is 16.2. The van der Waals surface area contributed by atoms with Gasteiger partial charge in [-0.3, -0.25) is 9.10 Å². The fraction of sp³-hybridized carbons (Fsp3) is 0.350. The lowest BCUT2D eigenvalue weighted by atomic mass is 10.00. The smallest absolute Gasteiger partial charge is 0.244 e. The van der Waals surface area contributed by atoms with Crippen molar-refractivity contribution in [2.45, 2.75) is 39.8 Å². The maximum Gasteiger partial charge on any atom is 0.244 e. The Balaban J connectivity index is 2.27. The van der Waals surface area contributed by atoms with Gasteiger partial charge < -0.3 is 5.32 Å². The van der Waals surface area contributed by atoms with Gasteiger partial charge >= 0.3 is 0 Å². The average molecular weight is 409 g/mol. The molecule has 0 aromatic heterocycles. The first-order valence-electron chi connectivity index (χ1n) is 8.63. The Kier molecular flexibility index (Phi) is 6.54. The van der Waals surface area contributed by atoms with Crippen molar-refractivity contribution in [1.29, 1.82) is 0 Å². The van der Waals surface area contributed by atoms with Crippen LogP contribution in [0.3, 0.4) is 0 Å². The van der Waals surface area contributed by atoms with E-state index in [9.17, 15) is 13.2 Å². The molecule has 0 fully saturated rings. The van der Waals surface area contributed by atoms with Gasteiger partial charge in [-0.2, -0.15) is 0 Å². The Labute approximate surface area is 166 Å². The largest absolute Gasteiger partial charge is 0.348 e. The summed E-state index contributed by atoms with van der Waals surface area (Å²) in [4.78, 5) is 12.8. The van der Waals surface area contributed by atoms with E-state index in [1.54, 1.807) is 31.2 Å². The number of anilines is 1. The number of benzene rings is 2. The lowest BCUT2D eigenvalue weighted by molar-refractivity contribution is -0.122. The number of hydrogen-bond donors (Lipinski definition) is 1. The van der Waals surface area contributed by atoms with E-state index in [0.717, 1.165) is 27.3 Å². The monoisotopic (exact) mass is 408 g/mol. The Bertz CT molecular complexity index is 927. The van der Waals surface area contributed by atoms with Crippen LogP contribution in [0.2, 0.25) is 5.02 Å². The molecular weight excluding hydrogens is 384 g/mol. The lowest BCUT2D eigenvalue weighted by Crippen LogP contribution is -2.48. The maximum atomic E-state index is 12.8. The van der Waals surface area contributed by atoms with Crippen LogP contribution in [0.25, 0.3) is 0 Å². The normalized spacial score (nSPS) is 13.7. The Morgan fingerprint density at radius 2 is 1.67 bits per heavy atom. The molecule has 5 nitrogen and oxygen atoms in total. The molecule has 0 unspecified atom stereocenters. The highest BCUT2D eigenvalue weighted by molar-refractivity contribution is 7.92. The minimum Gasteiger partial charge on any atom is -0.348 e. The van der Waals surface area contributed by atoms with E-state index in [-0.39, 0.29) is 11.9 Å². The number of halogens is 1. The van der Waals surface area contributed by atoms with Gasteiger partial charge in [0.25, 0.3) is 0 Å². The molecule has 146 valence electrons. The lowest BCUT2D eigenvalue weighted by Gasteiger charge is -2.29. The van der Waals surface area contributed by atoms with Gasteiger partial charge in [0, 0.05) is 5.02 Å². The molecule has 0 aliphatic rings. The third kappa shape index (κ3) is 5.23. The zero-order valence-corrected chi connectivity index (χ0v) is 17.7. The van der Waals surface area contributed by atoms with Crippen molar-refractivity contribution in [1.82, 2.24) is 5.32 Å². The highest BCUT2D eigenvalue weighted by atomic mass is 35.5. The number of carbonyl (C=O) groups is 1. The number of amides is 1. The quantitative estimate of drug-likeness (QED) is 0.785. The second-order valence-electron chi connectivity index (χ2n) is 6.80. The van der Waals surface area contributed by atoms with Crippen molar-refractivity contribution < 1.29 is 13.2 Å². The molecule has 2 aromatic rings. The van der Waals surface area contributed by atoms with Crippen molar-refractivity contribution in [3.05, 3.63) is 64.2 Å². The first kappa shape index (κ1) is 21.3. The molecule has 0 bridgehead atoms. The van der Waals surface area contributed by atoms with E-state index >= 15 is 0 Å². The van der Waals surface area contributed by atoms with Crippen LogP contribution < -0.4 is 9.62 Å². The minimum atomic E-state index is -3.66. The molecule has 0 heterocycles. The third-order valence-corrected chi connectivity index (χ3v) is 5.92.